The number of carbonyl (C=O) groups is 3. The molecule has 0 aliphatic rings. The number of carbonyl (C=O) groups excluding carboxylic acids is 3. The first kappa shape index (κ1) is 22.4. The summed E-state index contributed by atoms with van der Waals surface area (Å²) in [5.74, 6) is -1.44. The third kappa shape index (κ3) is 6.36. The molecule has 0 spiro atoms. The Morgan fingerprint density at radius 2 is 1.62 bits per heavy atom. The molecular formula is C23H21N3O6. The lowest BCUT2D eigenvalue weighted by Crippen LogP contribution is -2.21. The molecule has 0 unspecified atom stereocenters. The zero-order valence-corrected chi connectivity index (χ0v) is 17.1. The molecule has 0 saturated heterocycles. The van der Waals surface area contributed by atoms with Crippen molar-refractivity contribution in [1.82, 2.24) is 0 Å². The van der Waals surface area contributed by atoms with E-state index in [2.05, 4.69) is 10.6 Å². The number of rotatable bonds is 9. The molecule has 0 heterocycles. The number of non-ortho nitro benzene ring substituents is 1. The Labute approximate surface area is 183 Å². The molecular weight excluding hydrogens is 414 g/mol. The second-order valence-electron chi connectivity index (χ2n) is 6.94. The smallest absolute Gasteiger partial charge is 0.306 e. The molecule has 2 N–H and O–H groups in total. The lowest BCUT2D eigenvalue weighted by Gasteiger charge is -2.09. The average Bonchev–Trinajstić information content (AvgIpc) is 2.78. The van der Waals surface area contributed by atoms with Gasteiger partial charge in [-0.2, -0.15) is 0 Å². The van der Waals surface area contributed by atoms with E-state index in [0.717, 1.165) is 10.8 Å². The number of hydrogen-bond donors (Lipinski definition) is 2. The zero-order chi connectivity index (χ0) is 22.9. The van der Waals surface area contributed by atoms with Crippen molar-refractivity contribution >= 4 is 45.6 Å². The third-order valence-corrected chi connectivity index (χ3v) is 4.55. The molecule has 0 radical (unpaired) electrons. The predicted molar refractivity (Wildman–Crippen MR) is 119 cm³/mol. The van der Waals surface area contributed by atoms with Gasteiger partial charge < -0.3 is 15.4 Å². The van der Waals surface area contributed by atoms with Crippen LogP contribution in [0.5, 0.6) is 0 Å². The van der Waals surface area contributed by atoms with Crippen LogP contribution in [0, 0.1) is 10.1 Å². The Bertz CT molecular complexity index is 1160. The van der Waals surface area contributed by atoms with E-state index in [1.807, 2.05) is 36.4 Å². The number of nitrogens with zero attached hydrogens (tertiary/aromatic N) is 1. The Morgan fingerprint density at radius 1 is 0.875 bits per heavy atom. The van der Waals surface area contributed by atoms with Crippen LogP contribution in [-0.4, -0.2) is 29.3 Å². The third-order valence-electron chi connectivity index (χ3n) is 4.55. The van der Waals surface area contributed by atoms with Crippen LogP contribution < -0.4 is 10.6 Å². The van der Waals surface area contributed by atoms with Gasteiger partial charge in [0.15, 0.2) is 6.61 Å². The summed E-state index contributed by atoms with van der Waals surface area (Å²) in [6.07, 6.45) is 0.203. The second kappa shape index (κ2) is 10.7. The SMILES string of the molecule is O=C(CCCC(=O)OCC(=O)Nc1cccc2ccccc12)Nc1cccc([N+](=O)[O-])c1. The molecule has 0 fully saturated rings. The van der Waals surface area contributed by atoms with E-state index in [-0.39, 0.29) is 30.9 Å². The normalized spacial score (nSPS) is 10.4. The van der Waals surface area contributed by atoms with Crippen LogP contribution in [0.3, 0.4) is 0 Å². The van der Waals surface area contributed by atoms with Crippen molar-refractivity contribution in [2.45, 2.75) is 19.3 Å². The quantitative estimate of drug-likeness (QED) is 0.297. The molecule has 2 amide bonds. The van der Waals surface area contributed by atoms with Gasteiger partial charge in [0.05, 0.1) is 4.92 Å². The van der Waals surface area contributed by atoms with E-state index >= 15 is 0 Å². The fraction of sp³-hybridized carbons (Fsp3) is 0.174. The topological polar surface area (TPSA) is 128 Å². The summed E-state index contributed by atoms with van der Waals surface area (Å²) in [7, 11) is 0. The van der Waals surface area contributed by atoms with Crippen LogP contribution in [0.25, 0.3) is 10.8 Å². The minimum Gasteiger partial charge on any atom is -0.456 e. The molecule has 0 bridgehead atoms. The highest BCUT2D eigenvalue weighted by molar-refractivity contribution is 6.02. The van der Waals surface area contributed by atoms with Crippen LogP contribution in [0.1, 0.15) is 19.3 Å². The summed E-state index contributed by atoms with van der Waals surface area (Å²) in [6, 6.07) is 18.7. The lowest BCUT2D eigenvalue weighted by molar-refractivity contribution is -0.384. The van der Waals surface area contributed by atoms with Crippen molar-refractivity contribution in [3.8, 4) is 0 Å². The maximum absolute atomic E-state index is 12.1. The maximum Gasteiger partial charge on any atom is 0.306 e. The van der Waals surface area contributed by atoms with E-state index in [1.165, 1.54) is 24.3 Å². The van der Waals surface area contributed by atoms with Crippen LogP contribution in [-0.2, 0) is 19.1 Å². The summed E-state index contributed by atoms with van der Waals surface area (Å²) in [4.78, 5) is 46.2. The van der Waals surface area contributed by atoms with E-state index in [1.54, 1.807) is 6.07 Å². The first-order chi connectivity index (χ1) is 15.4. The summed E-state index contributed by atoms with van der Waals surface area (Å²) in [5, 5.41) is 17.9. The van der Waals surface area contributed by atoms with Gasteiger partial charge in [0.2, 0.25) is 5.91 Å². The summed E-state index contributed by atoms with van der Waals surface area (Å²) in [6.45, 7) is -0.429. The van der Waals surface area contributed by atoms with Crippen molar-refractivity contribution in [2.24, 2.45) is 0 Å². The van der Waals surface area contributed by atoms with Crippen molar-refractivity contribution in [2.75, 3.05) is 17.2 Å². The number of ether oxygens (including phenoxy) is 1. The van der Waals surface area contributed by atoms with Crippen molar-refractivity contribution in [3.63, 3.8) is 0 Å². The summed E-state index contributed by atoms with van der Waals surface area (Å²) < 4.78 is 4.97. The van der Waals surface area contributed by atoms with Crippen molar-refractivity contribution in [3.05, 3.63) is 76.8 Å². The van der Waals surface area contributed by atoms with Crippen LogP contribution in [0.4, 0.5) is 17.1 Å². The first-order valence-corrected chi connectivity index (χ1v) is 9.90. The minimum absolute atomic E-state index is 0.0278. The van der Waals surface area contributed by atoms with Gasteiger partial charge in [-0.3, -0.25) is 24.5 Å². The highest BCUT2D eigenvalue weighted by atomic mass is 16.6. The van der Waals surface area contributed by atoms with Gasteiger partial charge >= 0.3 is 5.97 Å². The standard InChI is InChI=1S/C23H21N3O6/c27-21(24-17-8-4-9-18(14-17)26(30)31)12-5-13-23(29)32-15-22(28)25-20-11-3-7-16-6-1-2-10-19(16)20/h1-4,6-11,14H,5,12-13,15H2,(H,24,27)(H,25,28). The lowest BCUT2D eigenvalue weighted by atomic mass is 10.1. The Morgan fingerprint density at radius 3 is 2.44 bits per heavy atom. The maximum atomic E-state index is 12.1. The number of nitrogens with one attached hydrogen (secondary N) is 2. The van der Waals surface area contributed by atoms with Gasteiger partial charge in [0.1, 0.15) is 0 Å². The molecule has 9 heteroatoms. The fourth-order valence-corrected chi connectivity index (χ4v) is 3.05. The Balaban J connectivity index is 1.38. The Kier molecular flexibility index (Phi) is 7.47. The van der Waals surface area contributed by atoms with E-state index in [4.69, 9.17) is 4.74 Å². The molecule has 3 rings (SSSR count). The van der Waals surface area contributed by atoms with Gasteiger partial charge in [0.25, 0.3) is 11.6 Å². The number of benzene rings is 3. The highest BCUT2D eigenvalue weighted by Gasteiger charge is 2.12. The predicted octanol–water partition coefficient (Wildman–Crippen LogP) is 4.04. The number of fused-ring (bicyclic) bond motifs is 1. The van der Waals surface area contributed by atoms with Crippen molar-refractivity contribution in [1.29, 1.82) is 0 Å². The number of hydrogen-bond acceptors (Lipinski definition) is 6. The van der Waals surface area contributed by atoms with Gasteiger partial charge in [-0.05, 0) is 23.9 Å². The number of amides is 2. The number of esters is 1. The molecule has 3 aromatic carbocycles. The van der Waals surface area contributed by atoms with Crippen LogP contribution in [0.2, 0.25) is 0 Å². The van der Waals surface area contributed by atoms with Gasteiger partial charge in [-0.1, -0.05) is 42.5 Å². The minimum atomic E-state index is -0.596. The van der Waals surface area contributed by atoms with E-state index < -0.39 is 23.4 Å². The summed E-state index contributed by atoms with van der Waals surface area (Å²) in [5.41, 5.74) is 0.798. The molecule has 3 aromatic rings. The number of anilines is 2. The monoisotopic (exact) mass is 435 g/mol. The molecule has 164 valence electrons. The van der Waals surface area contributed by atoms with Crippen LogP contribution >= 0.6 is 0 Å². The fourth-order valence-electron chi connectivity index (χ4n) is 3.05. The largest absolute Gasteiger partial charge is 0.456 e. The second-order valence-corrected chi connectivity index (χ2v) is 6.94. The molecule has 32 heavy (non-hydrogen) atoms. The Hall–Kier alpha value is -4.27. The van der Waals surface area contributed by atoms with Crippen LogP contribution in [0.15, 0.2) is 66.7 Å². The van der Waals surface area contributed by atoms with Gasteiger partial charge in [0, 0.05) is 41.7 Å². The number of nitro groups is 1. The van der Waals surface area contributed by atoms with Crippen molar-refractivity contribution < 1.29 is 24.0 Å². The zero-order valence-electron chi connectivity index (χ0n) is 17.1. The molecule has 0 aromatic heterocycles. The van der Waals surface area contributed by atoms with E-state index in [0.29, 0.717) is 11.4 Å². The van der Waals surface area contributed by atoms with E-state index in [9.17, 15) is 24.5 Å². The molecule has 0 aliphatic heterocycles. The number of nitro benzene ring substituents is 1. The molecule has 9 nitrogen and oxygen atoms in total. The molecule has 0 atom stereocenters. The average molecular weight is 435 g/mol. The van der Waals surface area contributed by atoms with Gasteiger partial charge in [-0.25, -0.2) is 0 Å². The molecule has 0 aliphatic carbocycles. The first-order valence-electron chi connectivity index (χ1n) is 9.90. The molecule has 0 saturated carbocycles. The van der Waals surface area contributed by atoms with Gasteiger partial charge in [-0.15, -0.1) is 0 Å². The summed E-state index contributed by atoms with van der Waals surface area (Å²) >= 11 is 0. The highest BCUT2D eigenvalue weighted by Crippen LogP contribution is 2.22.